The molecule has 0 saturated carbocycles. The van der Waals surface area contributed by atoms with Crippen LogP contribution >= 0.6 is 15.9 Å². The van der Waals surface area contributed by atoms with Gasteiger partial charge in [-0.2, -0.15) is 0 Å². The molecule has 0 fully saturated rings. The van der Waals surface area contributed by atoms with E-state index in [1.54, 1.807) is 18.2 Å². The number of halogens is 1. The summed E-state index contributed by atoms with van der Waals surface area (Å²) in [5, 5.41) is 11.5. The maximum Gasteiger partial charge on any atom is 0.233 e. The van der Waals surface area contributed by atoms with Crippen molar-refractivity contribution in [3.05, 3.63) is 28.2 Å². The lowest BCUT2D eigenvalue weighted by Gasteiger charge is -2.19. The first-order valence-corrected chi connectivity index (χ1v) is 8.26. The van der Waals surface area contributed by atoms with Crippen molar-refractivity contribution in [1.29, 1.82) is 0 Å². The van der Waals surface area contributed by atoms with Crippen molar-refractivity contribution in [2.45, 2.75) is 20.8 Å². The van der Waals surface area contributed by atoms with E-state index in [-0.39, 0.29) is 17.0 Å². The number of anilines is 1. The van der Waals surface area contributed by atoms with Gasteiger partial charge in [0.25, 0.3) is 0 Å². The molecule has 20 heavy (non-hydrogen) atoms. The molecule has 0 aliphatic carbocycles. The van der Waals surface area contributed by atoms with Gasteiger partial charge in [-0.1, -0.05) is 25.9 Å². The summed E-state index contributed by atoms with van der Waals surface area (Å²) in [4.78, 5) is 0. The zero-order valence-corrected chi connectivity index (χ0v) is 13.9. The molecule has 0 radical (unpaired) electrons. The summed E-state index contributed by atoms with van der Waals surface area (Å²) in [5.41, 5.74) is 6.01. The molecular weight excluding hydrogens is 346 g/mol. The molecule has 0 aliphatic rings. The average molecular weight is 364 g/mol. The van der Waals surface area contributed by atoms with Crippen molar-refractivity contribution in [1.82, 2.24) is 0 Å². The second-order valence-electron chi connectivity index (χ2n) is 5.60. The monoisotopic (exact) mass is 363 g/mol. The van der Waals surface area contributed by atoms with Gasteiger partial charge in [-0.3, -0.25) is 4.72 Å². The molecule has 0 atom stereocenters. The zero-order chi connectivity index (χ0) is 15.6. The third-order valence-electron chi connectivity index (χ3n) is 2.26. The number of benzene rings is 1. The Labute approximate surface area is 127 Å². The molecule has 8 heteroatoms. The van der Waals surface area contributed by atoms with Gasteiger partial charge >= 0.3 is 0 Å². The van der Waals surface area contributed by atoms with Crippen LogP contribution in [0.3, 0.4) is 0 Å². The maximum absolute atomic E-state index is 12.0. The highest BCUT2D eigenvalue weighted by Crippen LogP contribution is 2.26. The number of hydrogen-bond donors (Lipinski definition) is 3. The minimum absolute atomic E-state index is 0.00836. The Morgan fingerprint density at radius 3 is 2.50 bits per heavy atom. The minimum atomic E-state index is -3.44. The predicted molar refractivity (Wildman–Crippen MR) is 83.5 cm³/mol. The molecule has 1 aromatic rings. The van der Waals surface area contributed by atoms with Crippen LogP contribution in [-0.4, -0.2) is 25.2 Å². The van der Waals surface area contributed by atoms with Gasteiger partial charge in [0, 0.05) is 10.0 Å². The molecule has 0 bridgehead atoms. The number of hydrogen-bond acceptors (Lipinski definition) is 4. The Balaban J connectivity index is 3.00. The summed E-state index contributed by atoms with van der Waals surface area (Å²) >= 11 is 3.26. The highest BCUT2D eigenvalue weighted by Gasteiger charge is 2.22. The van der Waals surface area contributed by atoms with Crippen molar-refractivity contribution in [3.63, 3.8) is 0 Å². The van der Waals surface area contributed by atoms with Crippen LogP contribution in [0.15, 0.2) is 27.8 Å². The molecule has 0 spiro atoms. The smallest absolute Gasteiger partial charge is 0.233 e. The molecule has 0 aliphatic heterocycles. The van der Waals surface area contributed by atoms with Gasteiger partial charge in [0.2, 0.25) is 10.0 Å². The first-order valence-electron chi connectivity index (χ1n) is 5.82. The highest BCUT2D eigenvalue weighted by molar-refractivity contribution is 9.10. The first-order chi connectivity index (χ1) is 9.04. The van der Waals surface area contributed by atoms with E-state index in [0.717, 1.165) is 0 Å². The summed E-state index contributed by atoms with van der Waals surface area (Å²) in [6, 6.07) is 4.69. The average Bonchev–Trinajstić information content (AvgIpc) is 2.27. The van der Waals surface area contributed by atoms with Gasteiger partial charge in [-0.25, -0.2) is 8.42 Å². The standard InChI is InChI=1S/C12H18BrN3O3S/c1-12(2,3)7-20(18,19)16-10-5-4-8(6-9(10)13)11(14)15-17/h4-6,16-17H,7H2,1-3H3,(H2,14,15). The van der Waals surface area contributed by atoms with E-state index in [1.807, 2.05) is 20.8 Å². The number of sulfonamides is 1. The van der Waals surface area contributed by atoms with E-state index < -0.39 is 10.0 Å². The van der Waals surface area contributed by atoms with Crippen molar-refractivity contribution < 1.29 is 13.6 Å². The number of nitrogens with one attached hydrogen (secondary N) is 1. The van der Waals surface area contributed by atoms with Gasteiger partial charge in [-0.15, -0.1) is 0 Å². The summed E-state index contributed by atoms with van der Waals surface area (Å²) in [6.45, 7) is 5.55. The quantitative estimate of drug-likeness (QED) is 0.330. The Morgan fingerprint density at radius 2 is 2.05 bits per heavy atom. The van der Waals surface area contributed by atoms with Crippen LogP contribution in [0.4, 0.5) is 5.69 Å². The second kappa shape index (κ2) is 6.01. The van der Waals surface area contributed by atoms with E-state index in [4.69, 9.17) is 10.9 Å². The van der Waals surface area contributed by atoms with Gasteiger partial charge < -0.3 is 10.9 Å². The van der Waals surface area contributed by atoms with Crippen LogP contribution in [0, 0.1) is 5.41 Å². The molecule has 0 amide bonds. The molecule has 4 N–H and O–H groups in total. The fourth-order valence-electron chi connectivity index (χ4n) is 1.59. The van der Waals surface area contributed by atoms with Gasteiger partial charge in [0.05, 0.1) is 11.4 Å². The molecular formula is C12H18BrN3O3S. The summed E-state index contributed by atoms with van der Waals surface area (Å²) in [6.07, 6.45) is 0. The Morgan fingerprint density at radius 1 is 1.45 bits per heavy atom. The number of rotatable bonds is 4. The largest absolute Gasteiger partial charge is 0.409 e. The number of nitrogens with two attached hydrogens (primary N) is 1. The Bertz CT molecular complexity index is 621. The van der Waals surface area contributed by atoms with Crippen LogP contribution in [0.2, 0.25) is 0 Å². The number of amidine groups is 1. The van der Waals surface area contributed by atoms with E-state index >= 15 is 0 Å². The predicted octanol–water partition coefficient (Wildman–Crippen LogP) is 2.33. The van der Waals surface area contributed by atoms with Crippen LogP contribution in [0.25, 0.3) is 0 Å². The lowest BCUT2D eigenvalue weighted by Crippen LogP contribution is -2.26. The highest BCUT2D eigenvalue weighted by atomic mass is 79.9. The number of nitrogens with zero attached hydrogens (tertiary/aromatic N) is 1. The van der Waals surface area contributed by atoms with E-state index in [1.165, 1.54) is 0 Å². The minimum Gasteiger partial charge on any atom is -0.409 e. The zero-order valence-electron chi connectivity index (χ0n) is 11.5. The van der Waals surface area contributed by atoms with Gasteiger partial charge in [0.15, 0.2) is 5.84 Å². The second-order valence-corrected chi connectivity index (χ2v) is 8.18. The molecule has 0 saturated heterocycles. The molecule has 0 unspecified atom stereocenters. The van der Waals surface area contributed by atoms with E-state index in [0.29, 0.717) is 15.7 Å². The fraction of sp³-hybridized carbons (Fsp3) is 0.417. The van der Waals surface area contributed by atoms with Crippen molar-refractivity contribution in [2.24, 2.45) is 16.3 Å². The van der Waals surface area contributed by atoms with Gasteiger partial charge in [-0.05, 0) is 39.5 Å². The third kappa shape index (κ3) is 5.01. The van der Waals surface area contributed by atoms with Crippen LogP contribution in [0.5, 0.6) is 0 Å². The maximum atomic E-state index is 12.0. The van der Waals surface area contributed by atoms with Crippen LogP contribution in [-0.2, 0) is 10.0 Å². The van der Waals surface area contributed by atoms with E-state index in [2.05, 4.69) is 25.8 Å². The summed E-state index contributed by atoms with van der Waals surface area (Å²) in [5.74, 6) is -0.0381. The number of oxime groups is 1. The lowest BCUT2D eigenvalue weighted by molar-refractivity contribution is 0.318. The Hall–Kier alpha value is -1.28. The van der Waals surface area contributed by atoms with Crippen molar-refractivity contribution >= 4 is 37.5 Å². The Kier molecular flexibility index (Phi) is 5.04. The molecule has 0 heterocycles. The topological polar surface area (TPSA) is 105 Å². The fourth-order valence-corrected chi connectivity index (χ4v) is 3.92. The lowest BCUT2D eigenvalue weighted by atomic mass is 10.0. The molecule has 112 valence electrons. The van der Waals surface area contributed by atoms with Gasteiger partial charge in [0.1, 0.15) is 0 Å². The normalized spacial score (nSPS) is 13.3. The molecule has 0 aromatic heterocycles. The molecule has 1 aromatic carbocycles. The summed E-state index contributed by atoms with van der Waals surface area (Å²) in [7, 11) is -3.44. The van der Waals surface area contributed by atoms with E-state index in [9.17, 15) is 8.42 Å². The van der Waals surface area contributed by atoms with Crippen molar-refractivity contribution in [3.8, 4) is 0 Å². The third-order valence-corrected chi connectivity index (χ3v) is 4.69. The first kappa shape index (κ1) is 16.8. The molecule has 6 nitrogen and oxygen atoms in total. The SMILES string of the molecule is CC(C)(C)CS(=O)(=O)Nc1ccc(/C(N)=N/O)cc1Br. The summed E-state index contributed by atoms with van der Waals surface area (Å²) < 4.78 is 27.1. The van der Waals surface area contributed by atoms with Crippen LogP contribution < -0.4 is 10.5 Å². The van der Waals surface area contributed by atoms with Crippen molar-refractivity contribution in [2.75, 3.05) is 10.5 Å². The van der Waals surface area contributed by atoms with Crippen LogP contribution in [0.1, 0.15) is 26.3 Å². The molecule has 1 rings (SSSR count).